The van der Waals surface area contributed by atoms with Gasteiger partial charge in [0.05, 0.1) is 24.8 Å². The number of piperazine rings is 1. The number of ether oxygens (including phenoxy) is 2. The van der Waals surface area contributed by atoms with Crippen LogP contribution < -0.4 is 14.4 Å². The van der Waals surface area contributed by atoms with E-state index in [1.807, 2.05) is 0 Å². The van der Waals surface area contributed by atoms with Gasteiger partial charge in [-0.1, -0.05) is 0 Å². The Balaban J connectivity index is 1.80. The Labute approximate surface area is 167 Å². The van der Waals surface area contributed by atoms with Crippen LogP contribution in [-0.2, 0) is 4.79 Å². The van der Waals surface area contributed by atoms with Crippen LogP contribution in [-0.4, -0.2) is 55.0 Å². The molecule has 1 saturated heterocycles. The monoisotopic (exact) mass is 399 g/mol. The topological polar surface area (TPSA) is 102 Å². The van der Waals surface area contributed by atoms with E-state index >= 15 is 0 Å². The second-order valence-corrected chi connectivity index (χ2v) is 6.51. The first-order valence-electron chi connectivity index (χ1n) is 8.96. The first kappa shape index (κ1) is 20.1. The lowest BCUT2D eigenvalue weighted by Crippen LogP contribution is -2.57. The maximum atomic E-state index is 13.0. The van der Waals surface area contributed by atoms with E-state index in [9.17, 15) is 19.7 Å². The molecule has 0 aliphatic carbocycles. The summed E-state index contributed by atoms with van der Waals surface area (Å²) in [6.07, 6.45) is 0. The minimum atomic E-state index is -0.696. The van der Waals surface area contributed by atoms with Crippen molar-refractivity contribution in [2.45, 2.75) is 13.0 Å². The highest BCUT2D eigenvalue weighted by Gasteiger charge is 2.36. The third kappa shape index (κ3) is 3.84. The van der Waals surface area contributed by atoms with Crippen molar-refractivity contribution in [1.29, 1.82) is 0 Å². The lowest BCUT2D eigenvalue weighted by Gasteiger charge is -2.39. The summed E-state index contributed by atoms with van der Waals surface area (Å²) in [6, 6.07) is 9.84. The Morgan fingerprint density at radius 1 is 1.10 bits per heavy atom. The van der Waals surface area contributed by atoms with Gasteiger partial charge in [0.2, 0.25) is 5.91 Å². The van der Waals surface area contributed by atoms with E-state index in [1.165, 1.54) is 36.3 Å². The predicted octanol–water partition coefficient (Wildman–Crippen LogP) is 2.49. The number of carbonyl (C=O) groups excluding carboxylic acids is 2. The van der Waals surface area contributed by atoms with Crippen molar-refractivity contribution < 1.29 is 24.0 Å². The van der Waals surface area contributed by atoms with Crippen LogP contribution in [0.3, 0.4) is 0 Å². The molecule has 2 aromatic rings. The minimum Gasteiger partial charge on any atom is -0.497 e. The molecule has 1 fully saturated rings. The number of non-ortho nitro benzene ring substituents is 1. The van der Waals surface area contributed by atoms with E-state index in [4.69, 9.17) is 9.47 Å². The molecule has 9 heteroatoms. The highest BCUT2D eigenvalue weighted by molar-refractivity contribution is 6.04. The fourth-order valence-electron chi connectivity index (χ4n) is 3.29. The molecule has 0 unspecified atom stereocenters. The number of nitrogens with zero attached hydrogens (tertiary/aromatic N) is 3. The van der Waals surface area contributed by atoms with Crippen LogP contribution in [0.15, 0.2) is 42.5 Å². The second kappa shape index (κ2) is 8.17. The van der Waals surface area contributed by atoms with E-state index in [2.05, 4.69) is 0 Å². The van der Waals surface area contributed by atoms with Gasteiger partial charge in [-0.3, -0.25) is 19.7 Å². The second-order valence-electron chi connectivity index (χ2n) is 6.51. The summed E-state index contributed by atoms with van der Waals surface area (Å²) in [5.41, 5.74) is 0.806. The van der Waals surface area contributed by atoms with Crippen molar-refractivity contribution in [3.05, 3.63) is 58.1 Å². The Morgan fingerprint density at radius 2 is 1.79 bits per heavy atom. The van der Waals surface area contributed by atoms with Crippen molar-refractivity contribution in [2.75, 3.05) is 32.2 Å². The maximum absolute atomic E-state index is 13.0. The zero-order valence-electron chi connectivity index (χ0n) is 16.3. The summed E-state index contributed by atoms with van der Waals surface area (Å²) in [5, 5.41) is 10.8. The number of amides is 2. The maximum Gasteiger partial charge on any atom is 0.269 e. The summed E-state index contributed by atoms with van der Waals surface area (Å²) >= 11 is 0. The first-order chi connectivity index (χ1) is 13.9. The molecule has 1 aliphatic rings. The van der Waals surface area contributed by atoms with E-state index in [1.54, 1.807) is 37.1 Å². The third-order valence-corrected chi connectivity index (χ3v) is 4.92. The van der Waals surface area contributed by atoms with Gasteiger partial charge in [0.1, 0.15) is 17.5 Å². The summed E-state index contributed by atoms with van der Waals surface area (Å²) in [5.74, 6) is 0.523. The highest BCUT2D eigenvalue weighted by Crippen LogP contribution is 2.34. The zero-order chi connectivity index (χ0) is 21.1. The SMILES string of the molecule is COc1ccc(N2CCN(C(=O)c3ccc([N+](=O)[O-])cc3)[C@H](C)C2=O)c(OC)c1. The van der Waals surface area contributed by atoms with Gasteiger partial charge in [-0.05, 0) is 31.2 Å². The number of rotatable bonds is 5. The summed E-state index contributed by atoms with van der Waals surface area (Å²) in [7, 11) is 3.06. The molecule has 0 bridgehead atoms. The summed E-state index contributed by atoms with van der Waals surface area (Å²) < 4.78 is 10.6. The van der Waals surface area contributed by atoms with Crippen molar-refractivity contribution in [3.8, 4) is 11.5 Å². The fourth-order valence-corrected chi connectivity index (χ4v) is 3.29. The van der Waals surface area contributed by atoms with E-state index in [-0.39, 0.29) is 17.5 Å². The van der Waals surface area contributed by atoms with Crippen LogP contribution in [0.2, 0.25) is 0 Å². The molecule has 0 saturated carbocycles. The van der Waals surface area contributed by atoms with E-state index < -0.39 is 11.0 Å². The average molecular weight is 399 g/mol. The average Bonchev–Trinajstić information content (AvgIpc) is 2.74. The number of methoxy groups -OCH3 is 2. The molecule has 0 aromatic heterocycles. The number of carbonyl (C=O) groups is 2. The Kier molecular flexibility index (Phi) is 5.67. The quantitative estimate of drug-likeness (QED) is 0.565. The normalized spacial score (nSPS) is 16.5. The zero-order valence-corrected chi connectivity index (χ0v) is 16.3. The molecule has 1 aliphatic heterocycles. The molecule has 1 atom stereocenters. The first-order valence-corrected chi connectivity index (χ1v) is 8.96. The number of nitro benzene ring substituents is 1. The van der Waals surface area contributed by atoms with Gasteiger partial charge < -0.3 is 19.3 Å². The fraction of sp³-hybridized carbons (Fsp3) is 0.300. The largest absolute Gasteiger partial charge is 0.497 e. The molecular weight excluding hydrogens is 378 g/mol. The van der Waals surface area contributed by atoms with Crippen molar-refractivity contribution in [1.82, 2.24) is 4.90 Å². The number of anilines is 1. The molecule has 2 aromatic carbocycles. The van der Waals surface area contributed by atoms with E-state index in [0.29, 0.717) is 35.8 Å². The Bertz CT molecular complexity index is 944. The van der Waals surface area contributed by atoms with E-state index in [0.717, 1.165) is 0 Å². The molecule has 1 heterocycles. The summed E-state index contributed by atoms with van der Waals surface area (Å²) in [6.45, 7) is 2.27. The number of benzene rings is 2. The molecule has 9 nitrogen and oxygen atoms in total. The summed E-state index contributed by atoms with van der Waals surface area (Å²) in [4.78, 5) is 39.1. The number of hydrogen-bond donors (Lipinski definition) is 0. The minimum absolute atomic E-state index is 0.0953. The van der Waals surface area contributed by atoms with Gasteiger partial charge in [-0.2, -0.15) is 0 Å². The van der Waals surface area contributed by atoms with Crippen LogP contribution in [0.5, 0.6) is 11.5 Å². The van der Waals surface area contributed by atoms with Crippen LogP contribution in [0, 0.1) is 10.1 Å². The molecule has 0 spiro atoms. The van der Waals surface area contributed by atoms with Crippen LogP contribution in [0.1, 0.15) is 17.3 Å². The van der Waals surface area contributed by atoms with Crippen LogP contribution in [0.25, 0.3) is 0 Å². The molecule has 2 amide bonds. The molecule has 29 heavy (non-hydrogen) atoms. The molecule has 3 rings (SSSR count). The van der Waals surface area contributed by atoms with Gasteiger partial charge in [-0.25, -0.2) is 0 Å². The Morgan fingerprint density at radius 3 is 2.38 bits per heavy atom. The van der Waals surface area contributed by atoms with Crippen LogP contribution >= 0.6 is 0 Å². The smallest absolute Gasteiger partial charge is 0.269 e. The molecule has 152 valence electrons. The standard InChI is InChI=1S/C20H21N3O6/c1-13-19(24)22(17-9-8-16(28-2)12-18(17)29-3)11-10-21(13)20(25)14-4-6-15(7-5-14)23(26)27/h4-9,12-13H,10-11H2,1-3H3/t13-/m1/s1. The molecule has 0 N–H and O–H groups in total. The van der Waals surface area contributed by atoms with Gasteiger partial charge in [0.25, 0.3) is 11.6 Å². The molecule has 0 radical (unpaired) electrons. The predicted molar refractivity (Wildman–Crippen MR) is 105 cm³/mol. The van der Waals surface area contributed by atoms with Gasteiger partial charge in [0.15, 0.2) is 0 Å². The number of hydrogen-bond acceptors (Lipinski definition) is 6. The number of nitro groups is 1. The van der Waals surface area contributed by atoms with Crippen molar-refractivity contribution in [3.63, 3.8) is 0 Å². The third-order valence-electron chi connectivity index (χ3n) is 4.92. The van der Waals surface area contributed by atoms with Gasteiger partial charge in [-0.15, -0.1) is 0 Å². The highest BCUT2D eigenvalue weighted by atomic mass is 16.6. The lowest BCUT2D eigenvalue weighted by atomic mass is 10.1. The van der Waals surface area contributed by atoms with Crippen molar-refractivity contribution >= 4 is 23.2 Å². The van der Waals surface area contributed by atoms with Crippen LogP contribution in [0.4, 0.5) is 11.4 Å². The Hall–Kier alpha value is -3.62. The lowest BCUT2D eigenvalue weighted by molar-refractivity contribution is -0.384. The molecular formula is C20H21N3O6. The van der Waals surface area contributed by atoms with Gasteiger partial charge in [0, 0.05) is 36.9 Å². The van der Waals surface area contributed by atoms with Crippen molar-refractivity contribution in [2.24, 2.45) is 0 Å². The van der Waals surface area contributed by atoms with Gasteiger partial charge >= 0.3 is 0 Å².